The van der Waals surface area contributed by atoms with Crippen LogP contribution in [0.1, 0.15) is 0 Å². The van der Waals surface area contributed by atoms with Gasteiger partial charge >= 0.3 is 26.2 Å². The maximum atomic E-state index is 0. The van der Waals surface area contributed by atoms with Gasteiger partial charge < -0.3 is 11.0 Å². The summed E-state index contributed by atoms with van der Waals surface area (Å²) in [5, 5.41) is 0. The fourth-order valence-electron chi connectivity index (χ4n) is 0. The number of rotatable bonds is 0. The van der Waals surface area contributed by atoms with Gasteiger partial charge in [0.05, 0.1) is 0 Å². The molecule has 0 heterocycles. The molecular weight excluding hydrogens is 303 g/mol. The van der Waals surface area contributed by atoms with Gasteiger partial charge in [-0.3, -0.25) is 0 Å². The Labute approximate surface area is 72.5 Å². The third-order valence-corrected chi connectivity index (χ3v) is 0. The van der Waals surface area contributed by atoms with Crippen LogP contribution in [0.5, 0.6) is 0 Å². The van der Waals surface area contributed by atoms with Crippen molar-refractivity contribution in [3.05, 3.63) is 0 Å². The summed E-state index contributed by atoms with van der Waals surface area (Å²) >= 11 is 0. The smallest absolute Gasteiger partial charge is 0 e. The van der Waals surface area contributed by atoms with Crippen LogP contribution in [0, 0.1) is 0 Å². The second-order valence-electron chi connectivity index (χ2n) is 0. The fourth-order valence-corrected chi connectivity index (χ4v) is 0. The van der Waals surface area contributed by atoms with Crippen molar-refractivity contribution >= 4 is 45.1 Å². The summed E-state index contributed by atoms with van der Waals surface area (Å²) in [5.41, 5.74) is 0. The van der Waals surface area contributed by atoms with Gasteiger partial charge in [0.15, 0.2) is 0 Å². The van der Waals surface area contributed by atoms with Crippen molar-refractivity contribution in [2.75, 3.05) is 0 Å². The predicted molar refractivity (Wildman–Crippen MR) is 22.9 cm³/mol. The van der Waals surface area contributed by atoms with Gasteiger partial charge in [-0.15, -0.1) is 0 Å². The predicted octanol–water partition coefficient (Wildman–Crippen LogP) is -3.22. The molecule has 0 saturated heterocycles. The van der Waals surface area contributed by atoms with Crippen LogP contribution in [0.2, 0.25) is 0 Å². The fraction of sp³-hybridized carbons (Fsp3) is 0. The Morgan fingerprint density at radius 2 is 0.800 bits per heavy atom. The van der Waals surface area contributed by atoms with Crippen LogP contribution in [0.15, 0.2) is 0 Å². The van der Waals surface area contributed by atoms with Gasteiger partial charge in [0.1, 0.15) is 0 Å². The van der Waals surface area contributed by atoms with E-state index in [9.17, 15) is 0 Å². The van der Waals surface area contributed by atoms with Crippen molar-refractivity contribution in [1.29, 1.82) is 0 Å². The van der Waals surface area contributed by atoms with E-state index in [1.807, 2.05) is 0 Å². The molecule has 5 heavy (non-hydrogen) atoms. The Hall–Kier alpha value is 1.92. The van der Waals surface area contributed by atoms with Crippen LogP contribution in [0.4, 0.5) is 0 Å². The molecule has 0 aliphatic rings. The molecule has 4 N–H and O–H groups in total. The molecular formula is H7BiLiMnO2. The first-order valence-electron chi connectivity index (χ1n) is 0. The molecule has 0 aromatic carbocycles. The monoisotopic (exact) mass is 310 g/mol. The normalized spacial score (nSPS) is 0. The first-order valence-corrected chi connectivity index (χ1v) is 0. The Morgan fingerprint density at radius 3 is 0.800 bits per heavy atom. The summed E-state index contributed by atoms with van der Waals surface area (Å²) < 4.78 is 0. The molecule has 0 saturated carbocycles. The molecule has 0 aromatic heterocycles. The van der Waals surface area contributed by atoms with Crippen molar-refractivity contribution in [3.63, 3.8) is 0 Å². The molecule has 0 atom stereocenters. The second-order valence-corrected chi connectivity index (χ2v) is 0. The topological polar surface area (TPSA) is 63.0 Å². The zero-order chi connectivity index (χ0) is 0. The van der Waals surface area contributed by atoms with Crippen LogP contribution in [-0.2, 0) is 17.1 Å². The van der Waals surface area contributed by atoms with Crippen LogP contribution in [0.25, 0.3) is 0 Å². The van der Waals surface area contributed by atoms with Gasteiger partial charge in [0, 0.05) is 35.9 Å². The average molecular weight is 310 g/mol. The SMILES string of the molecule is O.O.[BiH3].[Li].[Mn]. The maximum Gasteiger partial charge on any atom is 0 e. The zero-order valence-corrected chi connectivity index (χ0v) is 9.76. The second kappa shape index (κ2) is 38.9. The van der Waals surface area contributed by atoms with Crippen molar-refractivity contribution in [2.45, 2.75) is 0 Å². The zero-order valence-electron chi connectivity index (χ0n) is 3.09. The van der Waals surface area contributed by atoms with E-state index in [1.165, 1.54) is 0 Å². The molecule has 0 spiro atoms. The third kappa shape index (κ3) is 24.7. The Kier molecular flexibility index (Phi) is 511. The maximum absolute atomic E-state index is 0. The van der Waals surface area contributed by atoms with Crippen LogP contribution in [-0.4, -0.2) is 56.0 Å². The molecule has 5 heteroatoms. The summed E-state index contributed by atoms with van der Waals surface area (Å²) in [4.78, 5) is 0. The Bertz CT molecular complexity index is 9.61. The molecule has 2 nitrogen and oxygen atoms in total. The van der Waals surface area contributed by atoms with E-state index >= 15 is 0 Å². The molecule has 0 rings (SSSR count). The van der Waals surface area contributed by atoms with Crippen molar-refractivity contribution in [2.24, 2.45) is 0 Å². The van der Waals surface area contributed by atoms with Crippen LogP contribution < -0.4 is 0 Å². The van der Waals surface area contributed by atoms with Crippen LogP contribution >= 0.6 is 0 Å². The summed E-state index contributed by atoms with van der Waals surface area (Å²) in [6, 6.07) is 0. The van der Waals surface area contributed by atoms with E-state index in [2.05, 4.69) is 0 Å². The molecule has 0 unspecified atom stereocenters. The minimum absolute atomic E-state index is 0. The van der Waals surface area contributed by atoms with Gasteiger partial charge in [-0.05, 0) is 0 Å². The molecule has 0 fully saturated rings. The molecule has 0 amide bonds. The Morgan fingerprint density at radius 1 is 0.800 bits per heavy atom. The van der Waals surface area contributed by atoms with Gasteiger partial charge in [-0.25, -0.2) is 0 Å². The van der Waals surface area contributed by atoms with Crippen LogP contribution in [0.3, 0.4) is 0 Å². The van der Waals surface area contributed by atoms with Gasteiger partial charge in [0.2, 0.25) is 0 Å². The Balaban J connectivity index is 0. The number of hydrogen-bond acceptors (Lipinski definition) is 0. The summed E-state index contributed by atoms with van der Waals surface area (Å²) in [7, 11) is 0. The molecule has 0 aliphatic heterocycles. The van der Waals surface area contributed by atoms with Crippen molar-refractivity contribution < 1.29 is 28.0 Å². The van der Waals surface area contributed by atoms with Gasteiger partial charge in [-0.2, -0.15) is 0 Å². The standard InChI is InChI=1S/Bi.Li.Mn.2H2O.3H/h;;;2*1H2;;;. The number of hydrogen-bond donors (Lipinski definition) is 0. The largest absolute Gasteiger partial charge is 0 e. The van der Waals surface area contributed by atoms with E-state index in [-0.39, 0.29) is 73.1 Å². The van der Waals surface area contributed by atoms with Crippen molar-refractivity contribution in [1.82, 2.24) is 0 Å². The van der Waals surface area contributed by atoms with Gasteiger partial charge in [-0.1, -0.05) is 0 Å². The van der Waals surface area contributed by atoms with E-state index in [0.717, 1.165) is 0 Å². The summed E-state index contributed by atoms with van der Waals surface area (Å²) in [6.07, 6.45) is 0. The van der Waals surface area contributed by atoms with Gasteiger partial charge in [0.25, 0.3) is 0 Å². The van der Waals surface area contributed by atoms with E-state index in [4.69, 9.17) is 0 Å². The van der Waals surface area contributed by atoms with E-state index in [1.54, 1.807) is 0 Å². The molecule has 0 aromatic rings. The molecule has 2 radical (unpaired) electrons. The minimum atomic E-state index is 0. The summed E-state index contributed by atoms with van der Waals surface area (Å²) in [5.74, 6) is 0. The first kappa shape index (κ1) is 65.8. The molecule has 32 valence electrons. The summed E-state index contributed by atoms with van der Waals surface area (Å²) in [6.45, 7) is 0. The minimum Gasteiger partial charge on any atom is 0 e. The van der Waals surface area contributed by atoms with E-state index < -0.39 is 0 Å². The quantitative estimate of drug-likeness (QED) is 0.423. The van der Waals surface area contributed by atoms with E-state index in [0.29, 0.717) is 0 Å². The first-order chi connectivity index (χ1) is 0. The molecule has 0 bridgehead atoms. The van der Waals surface area contributed by atoms with Crippen molar-refractivity contribution in [3.8, 4) is 0 Å². The molecule has 0 aliphatic carbocycles. The average Bonchev–Trinajstić information content (AvgIpc) is 0. The third-order valence-electron chi connectivity index (χ3n) is 0.